The van der Waals surface area contributed by atoms with Crippen molar-refractivity contribution in [1.29, 1.82) is 0 Å². The molecule has 0 saturated heterocycles. The minimum Gasteiger partial charge on any atom is -0.0993 e. The summed E-state index contributed by atoms with van der Waals surface area (Å²) >= 11 is 0. The summed E-state index contributed by atoms with van der Waals surface area (Å²) in [6.45, 7) is 18.2. The van der Waals surface area contributed by atoms with Gasteiger partial charge in [0, 0.05) is 0 Å². The standard InChI is InChI=1S/C18H32.C2H6/c1-6-8-13(3)16-11-12-18(5)14(4)9-10-17(18)15(16)7-2;1-2/h13,15-17H,4,6-12H2,1-3,5H3;1-2H3. The Bertz CT molecular complexity index is 303. The summed E-state index contributed by atoms with van der Waals surface area (Å²) in [7, 11) is 0. The summed E-state index contributed by atoms with van der Waals surface area (Å²) in [5.74, 6) is 3.81. The summed E-state index contributed by atoms with van der Waals surface area (Å²) in [4.78, 5) is 0. The lowest BCUT2D eigenvalue weighted by Crippen LogP contribution is -2.40. The summed E-state index contributed by atoms with van der Waals surface area (Å²) in [6, 6.07) is 0. The largest absolute Gasteiger partial charge is 0.0993 e. The van der Waals surface area contributed by atoms with Crippen LogP contribution in [0.1, 0.15) is 86.5 Å². The number of allylic oxidation sites excluding steroid dienone is 1. The number of hydrogen-bond donors (Lipinski definition) is 0. The molecular weight excluding hydrogens is 240 g/mol. The number of hydrogen-bond acceptors (Lipinski definition) is 0. The van der Waals surface area contributed by atoms with Crippen LogP contribution in [0.2, 0.25) is 0 Å². The lowest BCUT2D eigenvalue weighted by molar-refractivity contribution is 0.0286. The van der Waals surface area contributed by atoms with Gasteiger partial charge in [0.05, 0.1) is 0 Å². The van der Waals surface area contributed by atoms with E-state index in [0.717, 1.165) is 23.7 Å². The summed E-state index contributed by atoms with van der Waals surface area (Å²) in [5, 5.41) is 0. The predicted octanol–water partition coefficient (Wildman–Crippen LogP) is 6.86. The van der Waals surface area contributed by atoms with Crippen molar-refractivity contribution in [2.24, 2.45) is 29.1 Å². The molecular formula is C20H38. The quantitative estimate of drug-likeness (QED) is 0.493. The van der Waals surface area contributed by atoms with E-state index in [1.807, 2.05) is 13.8 Å². The van der Waals surface area contributed by atoms with Crippen molar-refractivity contribution in [1.82, 2.24) is 0 Å². The van der Waals surface area contributed by atoms with E-state index in [2.05, 4.69) is 34.3 Å². The first-order chi connectivity index (χ1) is 9.54. The van der Waals surface area contributed by atoms with E-state index in [1.54, 1.807) is 5.57 Å². The molecule has 0 bridgehead atoms. The Morgan fingerprint density at radius 2 is 1.90 bits per heavy atom. The van der Waals surface area contributed by atoms with Gasteiger partial charge in [-0.05, 0) is 54.8 Å². The third kappa shape index (κ3) is 3.15. The highest BCUT2D eigenvalue weighted by Crippen LogP contribution is 2.60. The minimum absolute atomic E-state index is 0.489. The van der Waals surface area contributed by atoms with Crippen molar-refractivity contribution in [2.75, 3.05) is 0 Å². The van der Waals surface area contributed by atoms with Crippen molar-refractivity contribution in [3.63, 3.8) is 0 Å². The van der Waals surface area contributed by atoms with Crippen LogP contribution in [0.3, 0.4) is 0 Å². The van der Waals surface area contributed by atoms with E-state index in [-0.39, 0.29) is 0 Å². The number of fused-ring (bicyclic) bond motifs is 1. The smallest absolute Gasteiger partial charge is 0.00879 e. The van der Waals surface area contributed by atoms with Gasteiger partial charge in [0.2, 0.25) is 0 Å². The normalized spacial score (nSPS) is 37.9. The molecule has 0 amide bonds. The van der Waals surface area contributed by atoms with E-state index >= 15 is 0 Å². The van der Waals surface area contributed by atoms with E-state index in [9.17, 15) is 0 Å². The van der Waals surface area contributed by atoms with Gasteiger partial charge in [0.1, 0.15) is 0 Å². The van der Waals surface area contributed by atoms with Crippen LogP contribution in [0, 0.1) is 29.1 Å². The molecule has 0 spiro atoms. The molecule has 0 aromatic heterocycles. The Morgan fingerprint density at radius 3 is 2.45 bits per heavy atom. The lowest BCUT2D eigenvalue weighted by Gasteiger charge is -2.48. The fraction of sp³-hybridized carbons (Fsp3) is 0.900. The van der Waals surface area contributed by atoms with Crippen molar-refractivity contribution in [3.8, 4) is 0 Å². The Balaban J connectivity index is 0.000000956. The number of rotatable bonds is 4. The van der Waals surface area contributed by atoms with Gasteiger partial charge in [0.15, 0.2) is 0 Å². The Labute approximate surface area is 128 Å². The van der Waals surface area contributed by atoms with Crippen molar-refractivity contribution >= 4 is 0 Å². The van der Waals surface area contributed by atoms with Crippen molar-refractivity contribution in [2.45, 2.75) is 86.5 Å². The highest BCUT2D eigenvalue weighted by Gasteiger charge is 2.50. The molecule has 0 aromatic carbocycles. The molecule has 0 aromatic rings. The second kappa shape index (κ2) is 7.66. The van der Waals surface area contributed by atoms with Crippen LogP contribution in [0.5, 0.6) is 0 Å². The molecule has 0 radical (unpaired) electrons. The third-order valence-corrected chi connectivity index (χ3v) is 6.39. The summed E-state index contributed by atoms with van der Waals surface area (Å²) in [6.07, 6.45) is 9.73. The van der Waals surface area contributed by atoms with Crippen LogP contribution in [-0.2, 0) is 0 Å². The Morgan fingerprint density at radius 1 is 1.25 bits per heavy atom. The molecule has 2 aliphatic carbocycles. The maximum absolute atomic E-state index is 4.39. The Hall–Kier alpha value is -0.260. The molecule has 2 aliphatic rings. The fourth-order valence-corrected chi connectivity index (χ4v) is 5.19. The molecule has 5 unspecified atom stereocenters. The minimum atomic E-state index is 0.489. The first kappa shape index (κ1) is 17.8. The van der Waals surface area contributed by atoms with Crippen LogP contribution in [-0.4, -0.2) is 0 Å². The van der Waals surface area contributed by atoms with E-state index in [0.29, 0.717) is 5.41 Å². The molecule has 5 atom stereocenters. The zero-order chi connectivity index (χ0) is 15.3. The average Bonchev–Trinajstić information content (AvgIpc) is 2.76. The predicted molar refractivity (Wildman–Crippen MR) is 91.9 cm³/mol. The van der Waals surface area contributed by atoms with E-state index in [1.165, 1.54) is 44.9 Å². The van der Waals surface area contributed by atoms with Gasteiger partial charge < -0.3 is 0 Å². The molecule has 2 saturated carbocycles. The van der Waals surface area contributed by atoms with Gasteiger partial charge in [0.25, 0.3) is 0 Å². The van der Waals surface area contributed by atoms with Crippen LogP contribution < -0.4 is 0 Å². The van der Waals surface area contributed by atoms with Crippen LogP contribution in [0.15, 0.2) is 12.2 Å². The maximum Gasteiger partial charge on any atom is -0.00879 e. The second-order valence-corrected chi connectivity index (χ2v) is 7.21. The van der Waals surface area contributed by atoms with Gasteiger partial charge in [-0.1, -0.05) is 73.0 Å². The first-order valence-corrected chi connectivity index (χ1v) is 9.22. The van der Waals surface area contributed by atoms with Crippen LogP contribution in [0.4, 0.5) is 0 Å². The average molecular weight is 279 g/mol. The summed E-state index contributed by atoms with van der Waals surface area (Å²) in [5.41, 5.74) is 2.05. The van der Waals surface area contributed by atoms with Crippen molar-refractivity contribution in [3.05, 3.63) is 12.2 Å². The SMILES string of the molecule is C=C1CCC2C(CC)C(C(C)CCC)CCC12C.CC. The van der Waals surface area contributed by atoms with Crippen LogP contribution in [0.25, 0.3) is 0 Å². The van der Waals surface area contributed by atoms with Gasteiger partial charge in [-0.15, -0.1) is 0 Å². The molecule has 0 N–H and O–H groups in total. The molecule has 118 valence electrons. The van der Waals surface area contributed by atoms with Gasteiger partial charge >= 0.3 is 0 Å². The third-order valence-electron chi connectivity index (χ3n) is 6.39. The molecule has 0 aliphatic heterocycles. The molecule has 2 rings (SSSR count). The molecule has 0 heteroatoms. The zero-order valence-corrected chi connectivity index (χ0v) is 15.0. The second-order valence-electron chi connectivity index (χ2n) is 7.21. The molecule has 0 nitrogen and oxygen atoms in total. The van der Waals surface area contributed by atoms with Gasteiger partial charge in [-0.2, -0.15) is 0 Å². The molecule has 20 heavy (non-hydrogen) atoms. The van der Waals surface area contributed by atoms with Crippen molar-refractivity contribution < 1.29 is 0 Å². The van der Waals surface area contributed by atoms with Gasteiger partial charge in [-0.25, -0.2) is 0 Å². The zero-order valence-electron chi connectivity index (χ0n) is 15.0. The van der Waals surface area contributed by atoms with Gasteiger partial charge in [-0.3, -0.25) is 0 Å². The summed E-state index contributed by atoms with van der Waals surface area (Å²) < 4.78 is 0. The monoisotopic (exact) mass is 278 g/mol. The highest BCUT2D eigenvalue weighted by molar-refractivity contribution is 5.19. The highest BCUT2D eigenvalue weighted by atomic mass is 14.5. The van der Waals surface area contributed by atoms with Crippen LogP contribution >= 0.6 is 0 Å². The molecule has 0 heterocycles. The molecule has 2 fully saturated rings. The maximum atomic E-state index is 4.39. The lowest BCUT2D eigenvalue weighted by atomic mass is 9.56. The Kier molecular flexibility index (Phi) is 6.82. The topological polar surface area (TPSA) is 0 Å². The van der Waals surface area contributed by atoms with E-state index in [4.69, 9.17) is 0 Å². The fourth-order valence-electron chi connectivity index (χ4n) is 5.19. The first-order valence-electron chi connectivity index (χ1n) is 9.22. The van der Waals surface area contributed by atoms with E-state index < -0.39 is 0 Å².